The summed E-state index contributed by atoms with van der Waals surface area (Å²) >= 11 is 0.765. The first-order valence-electron chi connectivity index (χ1n) is 12.0. The van der Waals surface area contributed by atoms with Gasteiger partial charge >= 0.3 is 6.18 Å². The number of ether oxygens (including phenoxy) is 1. The van der Waals surface area contributed by atoms with E-state index in [0.717, 1.165) is 21.6 Å². The number of aromatic nitrogens is 2. The number of hydrogen-bond acceptors (Lipinski definition) is 9. The van der Waals surface area contributed by atoms with Gasteiger partial charge in [0.1, 0.15) is 39.2 Å². The summed E-state index contributed by atoms with van der Waals surface area (Å²) in [5.41, 5.74) is -0.388. The first-order valence-corrected chi connectivity index (χ1v) is 12.8. The number of pyridine rings is 1. The van der Waals surface area contributed by atoms with Gasteiger partial charge in [0.2, 0.25) is 5.91 Å². The zero-order valence-corrected chi connectivity index (χ0v) is 23.0. The molecule has 0 aliphatic carbocycles. The molecular weight excluding hydrogens is 563 g/mol. The molecule has 2 aromatic heterocycles. The van der Waals surface area contributed by atoms with Gasteiger partial charge in [-0.25, -0.2) is 4.98 Å². The predicted octanol–water partition coefficient (Wildman–Crippen LogP) is 1.61. The minimum absolute atomic E-state index is 0.0292. The Morgan fingerprint density at radius 1 is 1.22 bits per heavy atom. The van der Waals surface area contributed by atoms with Gasteiger partial charge in [0.15, 0.2) is 5.57 Å². The third-order valence-corrected chi connectivity index (χ3v) is 6.60. The normalized spacial score (nSPS) is 12.3. The molecule has 0 radical (unpaired) electrons. The lowest BCUT2D eigenvalue weighted by molar-refractivity contribution is -0.135. The van der Waals surface area contributed by atoms with Crippen molar-refractivity contribution < 1.29 is 27.5 Å². The van der Waals surface area contributed by atoms with Gasteiger partial charge < -0.3 is 25.6 Å². The van der Waals surface area contributed by atoms with Crippen LogP contribution in [0.15, 0.2) is 47.3 Å². The lowest BCUT2D eigenvalue weighted by atomic mass is 10.3. The van der Waals surface area contributed by atoms with Crippen LogP contribution in [0.5, 0.6) is 5.75 Å². The molecule has 0 unspecified atom stereocenters. The number of hydrogen-bond donors (Lipinski definition) is 3. The van der Waals surface area contributed by atoms with Crippen molar-refractivity contribution in [1.82, 2.24) is 14.9 Å². The third-order valence-electron chi connectivity index (χ3n) is 5.47. The van der Waals surface area contributed by atoms with Crippen molar-refractivity contribution in [2.24, 2.45) is 0 Å². The maximum atomic E-state index is 12.9. The van der Waals surface area contributed by atoms with Crippen molar-refractivity contribution in [3.05, 3.63) is 62.0 Å². The summed E-state index contributed by atoms with van der Waals surface area (Å²) in [6.45, 7) is 0.0770. The van der Waals surface area contributed by atoms with E-state index in [1.807, 2.05) is 12.1 Å². The average molecular weight is 590 g/mol. The molecule has 0 aliphatic rings. The van der Waals surface area contributed by atoms with Crippen molar-refractivity contribution in [2.45, 2.75) is 19.6 Å². The summed E-state index contributed by atoms with van der Waals surface area (Å²) in [5.74, 6) is -0.405. The van der Waals surface area contributed by atoms with Gasteiger partial charge in [-0.15, -0.1) is 11.3 Å². The Morgan fingerprint density at radius 2 is 1.93 bits per heavy atom. The lowest BCUT2D eigenvalue weighted by Gasteiger charge is -2.19. The van der Waals surface area contributed by atoms with E-state index in [0.29, 0.717) is 5.75 Å². The van der Waals surface area contributed by atoms with Crippen molar-refractivity contribution >= 4 is 52.2 Å². The van der Waals surface area contributed by atoms with Crippen LogP contribution >= 0.6 is 11.3 Å². The molecular formula is C26H26F3N7O4S. The Balaban J connectivity index is 1.78. The summed E-state index contributed by atoms with van der Waals surface area (Å²) in [5, 5.41) is 16.6. The largest absolute Gasteiger partial charge is 0.497 e. The molecule has 0 atom stereocenters. The zero-order chi connectivity index (χ0) is 30.2. The average Bonchev–Trinajstić information content (AvgIpc) is 3.25. The smallest absolute Gasteiger partial charge is 0.405 e. The first-order chi connectivity index (χ1) is 19.4. The fourth-order valence-corrected chi connectivity index (χ4v) is 4.60. The number of alkyl halides is 3. The summed E-state index contributed by atoms with van der Waals surface area (Å²) in [6, 6.07) is 13.6. The highest BCUT2D eigenvalue weighted by molar-refractivity contribution is 7.07. The number of benzene rings is 1. The number of carbonyl (C=O) groups excluding carboxylic acids is 2. The van der Waals surface area contributed by atoms with E-state index in [9.17, 15) is 32.8 Å². The number of likely N-dealkylation sites (N-methyl/N-ethyl adjacent to an activating group) is 1. The van der Waals surface area contributed by atoms with Crippen molar-refractivity contribution in [2.75, 3.05) is 42.8 Å². The number of rotatable bonds is 10. The first kappa shape index (κ1) is 30.7. The quantitative estimate of drug-likeness (QED) is 0.324. The number of anilines is 3. The molecule has 0 saturated heterocycles. The van der Waals surface area contributed by atoms with Crippen molar-refractivity contribution in [3.63, 3.8) is 0 Å². The Kier molecular flexibility index (Phi) is 10.1. The number of thiazole rings is 1. The second kappa shape index (κ2) is 13.5. The molecule has 15 heteroatoms. The molecule has 3 rings (SSSR count). The number of carbonyl (C=O) groups is 2. The van der Waals surface area contributed by atoms with E-state index >= 15 is 0 Å². The standard InChI is InChI=1S/C26H26F3N7O4S/c1-4-36-24(39)19(41-25(36)18(12-30)23(38)32-15-26(27,28)29)13-31-20-9-6-10-21(33-20)34-22(37)14-35(2)16-7-5-8-17(11-16)40-3/h5-11,13H,4,14-15H2,1-3H3,(H,32,38)(H2,31,33,34,37). The molecule has 0 spiro atoms. The van der Waals surface area contributed by atoms with Crippen molar-refractivity contribution in [1.29, 1.82) is 5.26 Å². The molecule has 1 aromatic carbocycles. The van der Waals surface area contributed by atoms with Crippen LogP contribution in [0.2, 0.25) is 0 Å². The summed E-state index contributed by atoms with van der Waals surface area (Å²) in [6.07, 6.45) is -3.36. The molecule has 0 fully saturated rings. The highest BCUT2D eigenvalue weighted by atomic mass is 32.1. The van der Waals surface area contributed by atoms with Gasteiger partial charge in [0.05, 0.1) is 13.7 Å². The Bertz CT molecular complexity index is 1640. The van der Waals surface area contributed by atoms with Gasteiger partial charge in [0, 0.05) is 31.5 Å². The molecule has 0 saturated carbocycles. The molecule has 41 heavy (non-hydrogen) atoms. The van der Waals surface area contributed by atoms with E-state index in [1.54, 1.807) is 67.7 Å². The minimum atomic E-state index is -4.66. The highest BCUT2D eigenvalue weighted by Gasteiger charge is 2.29. The number of methoxy groups -OCH3 is 1. The topological polar surface area (TPSA) is 141 Å². The van der Waals surface area contributed by atoms with E-state index in [4.69, 9.17) is 4.74 Å². The van der Waals surface area contributed by atoms with Crippen LogP contribution in [0.4, 0.5) is 30.5 Å². The third kappa shape index (κ3) is 8.32. The fraction of sp³-hybridized carbons (Fsp3) is 0.269. The number of nitrogens with one attached hydrogen (secondary N) is 3. The molecule has 0 aliphatic heterocycles. The van der Waals surface area contributed by atoms with E-state index in [-0.39, 0.29) is 39.8 Å². The zero-order valence-electron chi connectivity index (χ0n) is 22.2. The fourth-order valence-electron chi connectivity index (χ4n) is 3.52. The van der Waals surface area contributed by atoms with Crippen LogP contribution in [0.1, 0.15) is 6.92 Å². The second-order valence-corrected chi connectivity index (χ2v) is 9.44. The number of nitriles is 1. The summed E-state index contributed by atoms with van der Waals surface area (Å²) < 4.78 is 43.8. The molecule has 216 valence electrons. The predicted molar refractivity (Wildman–Crippen MR) is 149 cm³/mol. The number of amides is 2. The minimum Gasteiger partial charge on any atom is -0.497 e. The van der Waals surface area contributed by atoms with Crippen LogP contribution in [-0.4, -0.2) is 54.8 Å². The van der Waals surface area contributed by atoms with Gasteiger partial charge in [-0.3, -0.25) is 19.0 Å². The van der Waals surface area contributed by atoms with Crippen LogP contribution < -0.4 is 40.3 Å². The number of halogens is 3. The molecule has 3 N–H and O–H groups in total. The maximum Gasteiger partial charge on any atom is 0.405 e. The molecule has 2 heterocycles. The molecule has 11 nitrogen and oxygen atoms in total. The maximum absolute atomic E-state index is 12.9. The lowest BCUT2D eigenvalue weighted by Crippen LogP contribution is -2.37. The Hall–Kier alpha value is -4.84. The van der Waals surface area contributed by atoms with Gasteiger partial charge in [-0.05, 0) is 31.2 Å². The van der Waals surface area contributed by atoms with E-state index < -0.39 is 29.8 Å². The SMILES string of the molecule is CCn1c(=C(C#N)C(=O)NCC(F)(F)F)sc(=CNc2cccc(NC(=O)CN(C)c3cccc(OC)c3)n2)c1=O. The van der Waals surface area contributed by atoms with Crippen LogP contribution in [0, 0.1) is 11.3 Å². The van der Waals surface area contributed by atoms with Crippen LogP contribution in [0.3, 0.4) is 0 Å². The van der Waals surface area contributed by atoms with Gasteiger partial charge in [0.25, 0.3) is 11.5 Å². The van der Waals surface area contributed by atoms with Gasteiger partial charge in [-0.2, -0.15) is 18.4 Å². The second-order valence-electron chi connectivity index (χ2n) is 8.41. The summed E-state index contributed by atoms with van der Waals surface area (Å²) in [4.78, 5) is 43.7. The molecule has 0 bridgehead atoms. The van der Waals surface area contributed by atoms with Gasteiger partial charge in [-0.1, -0.05) is 12.1 Å². The molecule has 2 amide bonds. The van der Waals surface area contributed by atoms with Crippen LogP contribution in [-0.2, 0) is 16.1 Å². The number of nitrogens with zero attached hydrogens (tertiary/aromatic N) is 4. The Labute approximate surface area is 236 Å². The Morgan fingerprint density at radius 3 is 2.59 bits per heavy atom. The van der Waals surface area contributed by atoms with Crippen molar-refractivity contribution in [3.8, 4) is 11.8 Å². The van der Waals surface area contributed by atoms with E-state index in [1.165, 1.54) is 6.20 Å². The van der Waals surface area contributed by atoms with E-state index in [2.05, 4.69) is 15.6 Å². The highest BCUT2D eigenvalue weighted by Crippen LogP contribution is 2.20. The summed E-state index contributed by atoms with van der Waals surface area (Å²) in [7, 11) is 3.30. The van der Waals surface area contributed by atoms with Crippen LogP contribution in [0.25, 0.3) is 11.8 Å². The molecule has 3 aromatic rings. The monoisotopic (exact) mass is 589 g/mol.